The number of rotatable bonds is 6. The molecule has 5 nitrogen and oxygen atoms in total. The summed E-state index contributed by atoms with van der Waals surface area (Å²) in [6.07, 6.45) is 0.138. The van der Waals surface area contributed by atoms with E-state index in [1.165, 1.54) is 0 Å². The first-order valence-corrected chi connectivity index (χ1v) is 7.35. The van der Waals surface area contributed by atoms with Crippen molar-refractivity contribution in [1.82, 2.24) is 9.80 Å². The van der Waals surface area contributed by atoms with E-state index in [1.54, 1.807) is 12.0 Å². The Labute approximate surface area is 126 Å². The van der Waals surface area contributed by atoms with Gasteiger partial charge in [0, 0.05) is 32.7 Å². The molecule has 1 unspecified atom stereocenters. The van der Waals surface area contributed by atoms with Crippen LogP contribution in [0.5, 0.6) is 11.5 Å². The van der Waals surface area contributed by atoms with E-state index in [-0.39, 0.29) is 18.1 Å². The van der Waals surface area contributed by atoms with E-state index < -0.39 is 0 Å². The van der Waals surface area contributed by atoms with Crippen LogP contribution in [-0.2, 0) is 4.79 Å². The Morgan fingerprint density at radius 3 is 2.71 bits per heavy atom. The molecule has 5 heteroatoms. The van der Waals surface area contributed by atoms with Gasteiger partial charge in [-0.15, -0.1) is 0 Å². The number of hydrogen-bond donors (Lipinski definition) is 0. The second-order valence-electron chi connectivity index (χ2n) is 5.40. The van der Waals surface area contributed by atoms with Crippen LogP contribution in [0.1, 0.15) is 13.8 Å². The Bertz CT molecular complexity index is 486. The highest BCUT2D eigenvalue weighted by Crippen LogP contribution is 2.23. The zero-order valence-electron chi connectivity index (χ0n) is 13.2. The Hall–Kier alpha value is -1.75. The topological polar surface area (TPSA) is 42.0 Å². The van der Waals surface area contributed by atoms with E-state index in [9.17, 15) is 4.79 Å². The molecular weight excluding hydrogens is 268 g/mol. The summed E-state index contributed by atoms with van der Waals surface area (Å²) in [6.45, 7) is 6.23. The average Bonchev–Trinajstić information content (AvgIpc) is 2.48. The molecule has 1 aliphatic rings. The predicted octanol–water partition coefficient (Wildman–Crippen LogP) is 1.62. The van der Waals surface area contributed by atoms with Crippen molar-refractivity contribution in [3.8, 4) is 11.5 Å². The average molecular weight is 292 g/mol. The first-order valence-electron chi connectivity index (χ1n) is 7.35. The van der Waals surface area contributed by atoms with Gasteiger partial charge < -0.3 is 14.4 Å². The molecule has 1 atom stereocenters. The molecule has 1 saturated heterocycles. The first-order chi connectivity index (χ1) is 10.0. The Morgan fingerprint density at radius 1 is 1.43 bits per heavy atom. The Balaban J connectivity index is 1.82. The predicted molar refractivity (Wildman–Crippen MR) is 81.8 cm³/mol. The van der Waals surface area contributed by atoms with E-state index in [2.05, 4.69) is 4.90 Å². The number of ether oxygens (including phenoxy) is 2. The molecule has 2 rings (SSSR count). The van der Waals surface area contributed by atoms with E-state index in [0.29, 0.717) is 0 Å². The van der Waals surface area contributed by atoms with Crippen molar-refractivity contribution in [1.29, 1.82) is 0 Å². The second kappa shape index (κ2) is 6.80. The van der Waals surface area contributed by atoms with Crippen molar-refractivity contribution in [2.75, 3.05) is 33.8 Å². The number of likely N-dealkylation sites (N-methyl/N-ethyl adjacent to an activating group) is 1. The van der Waals surface area contributed by atoms with Gasteiger partial charge in [0.25, 0.3) is 0 Å². The van der Waals surface area contributed by atoms with Crippen molar-refractivity contribution in [3.63, 3.8) is 0 Å². The summed E-state index contributed by atoms with van der Waals surface area (Å²) in [5.74, 6) is 1.76. The first kappa shape index (κ1) is 15.6. The van der Waals surface area contributed by atoms with Crippen LogP contribution in [0.3, 0.4) is 0 Å². The van der Waals surface area contributed by atoms with Gasteiger partial charge in [-0.05, 0) is 26.0 Å². The fraction of sp³-hybridized carbons (Fsp3) is 0.562. The fourth-order valence-corrected chi connectivity index (χ4v) is 2.36. The van der Waals surface area contributed by atoms with Crippen LogP contribution < -0.4 is 9.47 Å². The molecule has 0 radical (unpaired) electrons. The highest BCUT2D eigenvalue weighted by atomic mass is 16.5. The summed E-state index contributed by atoms with van der Waals surface area (Å²) in [5.41, 5.74) is 0. The molecule has 1 heterocycles. The van der Waals surface area contributed by atoms with Gasteiger partial charge in [0.1, 0.15) is 17.6 Å². The van der Waals surface area contributed by atoms with Crippen LogP contribution in [0, 0.1) is 0 Å². The fourth-order valence-electron chi connectivity index (χ4n) is 2.36. The van der Waals surface area contributed by atoms with Crippen LogP contribution in [0.4, 0.5) is 0 Å². The van der Waals surface area contributed by atoms with Gasteiger partial charge in [-0.25, -0.2) is 0 Å². The Morgan fingerprint density at radius 2 is 2.10 bits per heavy atom. The van der Waals surface area contributed by atoms with Crippen molar-refractivity contribution >= 4 is 5.91 Å². The number of amides is 1. The van der Waals surface area contributed by atoms with Gasteiger partial charge in [-0.2, -0.15) is 0 Å². The SMILES string of the molecule is CCN(C)C(=O)C(C)N1CC(Oc2cccc(OC)c2)C1. The van der Waals surface area contributed by atoms with E-state index >= 15 is 0 Å². The van der Waals surface area contributed by atoms with Crippen molar-refractivity contribution < 1.29 is 14.3 Å². The van der Waals surface area contributed by atoms with Gasteiger partial charge in [0.2, 0.25) is 5.91 Å². The quantitative estimate of drug-likeness (QED) is 0.799. The number of carbonyl (C=O) groups excluding carboxylic acids is 1. The summed E-state index contributed by atoms with van der Waals surface area (Å²) in [5, 5.41) is 0. The van der Waals surface area contributed by atoms with Crippen LogP contribution >= 0.6 is 0 Å². The number of nitrogens with zero attached hydrogens (tertiary/aromatic N) is 2. The van der Waals surface area contributed by atoms with E-state index in [1.807, 2.05) is 45.2 Å². The molecule has 0 saturated carbocycles. The molecule has 1 fully saturated rings. The molecular formula is C16H24N2O3. The molecule has 1 aliphatic heterocycles. The third kappa shape index (κ3) is 3.67. The smallest absolute Gasteiger partial charge is 0.239 e. The molecule has 1 amide bonds. The molecule has 1 aromatic carbocycles. The molecule has 0 bridgehead atoms. The largest absolute Gasteiger partial charge is 0.497 e. The maximum Gasteiger partial charge on any atom is 0.239 e. The molecule has 0 N–H and O–H groups in total. The summed E-state index contributed by atoms with van der Waals surface area (Å²) in [6, 6.07) is 7.51. The number of methoxy groups -OCH3 is 1. The highest BCUT2D eigenvalue weighted by molar-refractivity contribution is 5.81. The highest BCUT2D eigenvalue weighted by Gasteiger charge is 2.35. The molecule has 1 aromatic rings. The van der Waals surface area contributed by atoms with Crippen molar-refractivity contribution in [2.45, 2.75) is 26.0 Å². The zero-order chi connectivity index (χ0) is 15.4. The Kier molecular flexibility index (Phi) is 5.07. The monoisotopic (exact) mass is 292 g/mol. The molecule has 0 aliphatic carbocycles. The van der Waals surface area contributed by atoms with Gasteiger partial charge in [0.05, 0.1) is 13.2 Å². The van der Waals surface area contributed by atoms with Crippen molar-refractivity contribution in [2.24, 2.45) is 0 Å². The van der Waals surface area contributed by atoms with E-state index in [4.69, 9.17) is 9.47 Å². The van der Waals surface area contributed by atoms with Gasteiger partial charge in [-0.3, -0.25) is 9.69 Å². The molecule has 116 valence electrons. The van der Waals surface area contributed by atoms with Gasteiger partial charge in [-0.1, -0.05) is 6.07 Å². The van der Waals surface area contributed by atoms with E-state index in [0.717, 1.165) is 31.1 Å². The third-order valence-corrected chi connectivity index (χ3v) is 3.98. The van der Waals surface area contributed by atoms with Crippen molar-refractivity contribution in [3.05, 3.63) is 24.3 Å². The van der Waals surface area contributed by atoms with Crippen LogP contribution in [0.15, 0.2) is 24.3 Å². The lowest BCUT2D eigenvalue weighted by molar-refractivity contribution is -0.138. The summed E-state index contributed by atoms with van der Waals surface area (Å²) in [4.78, 5) is 16.0. The third-order valence-electron chi connectivity index (χ3n) is 3.98. The summed E-state index contributed by atoms with van der Waals surface area (Å²) >= 11 is 0. The van der Waals surface area contributed by atoms with Crippen LogP contribution in [-0.4, -0.2) is 61.6 Å². The maximum absolute atomic E-state index is 12.1. The van der Waals surface area contributed by atoms with Crippen LogP contribution in [0.25, 0.3) is 0 Å². The maximum atomic E-state index is 12.1. The second-order valence-corrected chi connectivity index (χ2v) is 5.40. The normalized spacial score (nSPS) is 17.0. The standard InChI is InChI=1S/C16H24N2O3/c1-5-17(3)16(19)12(2)18-10-15(11-18)21-14-8-6-7-13(9-14)20-4/h6-9,12,15H,5,10-11H2,1-4H3. The minimum absolute atomic E-state index is 0.0832. The van der Waals surface area contributed by atoms with Gasteiger partial charge >= 0.3 is 0 Å². The molecule has 0 aromatic heterocycles. The van der Waals surface area contributed by atoms with Gasteiger partial charge in [0.15, 0.2) is 0 Å². The zero-order valence-corrected chi connectivity index (χ0v) is 13.2. The lowest BCUT2D eigenvalue weighted by Gasteiger charge is -2.42. The lowest BCUT2D eigenvalue weighted by Crippen LogP contribution is -2.60. The van der Waals surface area contributed by atoms with Crippen LogP contribution in [0.2, 0.25) is 0 Å². The molecule has 21 heavy (non-hydrogen) atoms. The minimum atomic E-state index is -0.0832. The minimum Gasteiger partial charge on any atom is -0.497 e. The lowest BCUT2D eigenvalue weighted by atomic mass is 10.1. The number of hydrogen-bond acceptors (Lipinski definition) is 4. The molecule has 0 spiro atoms. The number of likely N-dealkylation sites (tertiary alicyclic amines) is 1. The number of benzene rings is 1. The number of carbonyl (C=O) groups is 1. The summed E-state index contributed by atoms with van der Waals surface area (Å²) in [7, 11) is 3.48. The summed E-state index contributed by atoms with van der Waals surface area (Å²) < 4.78 is 11.1.